The zero-order valence-corrected chi connectivity index (χ0v) is 29.4. The Bertz CT molecular complexity index is 1240. The molecule has 268 valence electrons. The minimum absolute atomic E-state index is 0.0245. The number of hydrogen-bond acceptors (Lipinski definition) is 9. The second-order valence-electron chi connectivity index (χ2n) is 17.1. The van der Waals surface area contributed by atoms with Crippen molar-refractivity contribution in [3.8, 4) is 0 Å². The molecule has 7 N–H and O–H groups in total. The van der Waals surface area contributed by atoms with E-state index in [1.54, 1.807) is 0 Å². The highest BCUT2D eigenvalue weighted by molar-refractivity contribution is 5.71. The zero-order valence-electron chi connectivity index (χ0n) is 29.4. The molecule has 0 aromatic carbocycles. The van der Waals surface area contributed by atoms with Crippen LogP contribution in [-0.2, 0) is 14.3 Å². The lowest BCUT2D eigenvalue weighted by Gasteiger charge is -2.64. The molecule has 1 heterocycles. The predicted octanol–water partition coefficient (Wildman–Crippen LogP) is 3.56. The Hall–Kier alpha value is -1.37. The van der Waals surface area contributed by atoms with E-state index in [2.05, 4.69) is 48.1 Å². The van der Waals surface area contributed by atoms with Crippen molar-refractivity contribution in [2.45, 2.75) is 149 Å². The summed E-state index contributed by atoms with van der Waals surface area (Å²) in [6.07, 6.45) is -4.74. The van der Waals surface area contributed by atoms with Gasteiger partial charge in [0.15, 0.2) is 6.29 Å². The monoisotopic (exact) mass is 664 g/mol. The summed E-state index contributed by atoms with van der Waals surface area (Å²) in [6.45, 7) is 18.3. The van der Waals surface area contributed by atoms with Gasteiger partial charge in [-0.05, 0) is 90.9 Å². The molecule has 4 aliphatic carbocycles. The molecule has 10 heteroatoms. The number of hydrogen-bond donors (Lipinski definition) is 7. The lowest BCUT2D eigenvalue weighted by molar-refractivity contribution is -0.313. The summed E-state index contributed by atoms with van der Waals surface area (Å²) in [7, 11) is 0. The van der Waals surface area contributed by atoms with Crippen LogP contribution in [0.3, 0.4) is 0 Å². The maximum absolute atomic E-state index is 12.9. The second-order valence-corrected chi connectivity index (χ2v) is 17.1. The number of aliphatic hydroxyl groups is 6. The summed E-state index contributed by atoms with van der Waals surface area (Å²) < 4.78 is 12.5. The third-order valence-electron chi connectivity index (χ3n) is 14.4. The first kappa shape index (κ1) is 36.9. The Labute approximate surface area is 279 Å². The molecule has 47 heavy (non-hydrogen) atoms. The number of rotatable bonds is 9. The van der Waals surface area contributed by atoms with E-state index in [4.69, 9.17) is 9.47 Å². The van der Waals surface area contributed by atoms with Crippen LogP contribution in [0.25, 0.3) is 0 Å². The average molecular weight is 665 g/mol. The van der Waals surface area contributed by atoms with Crippen LogP contribution in [0, 0.1) is 45.3 Å². The van der Waals surface area contributed by atoms with E-state index in [1.165, 1.54) is 5.57 Å². The first-order chi connectivity index (χ1) is 21.8. The average Bonchev–Trinajstić information content (AvgIpc) is 3.21. The van der Waals surface area contributed by atoms with Crippen LogP contribution in [0.1, 0.15) is 99.8 Å². The first-order valence-corrected chi connectivity index (χ1v) is 17.7. The highest BCUT2D eigenvalue weighted by Gasteiger charge is 2.69. The quantitative estimate of drug-likeness (QED) is 0.180. The number of fused-ring (bicyclic) bond motifs is 4. The van der Waals surface area contributed by atoms with E-state index < -0.39 is 83.8 Å². The third-order valence-corrected chi connectivity index (χ3v) is 14.4. The van der Waals surface area contributed by atoms with Crippen LogP contribution < -0.4 is 0 Å². The fraction of sp³-hybridized carbons (Fsp3) is 0.865. The largest absolute Gasteiger partial charge is 0.481 e. The lowest BCUT2D eigenvalue weighted by Crippen LogP contribution is -2.62. The molecule has 5 aliphatic rings. The van der Waals surface area contributed by atoms with Crippen molar-refractivity contribution >= 4 is 5.97 Å². The lowest BCUT2D eigenvalue weighted by atomic mass is 9.42. The van der Waals surface area contributed by atoms with E-state index in [0.717, 1.165) is 17.6 Å². The predicted molar refractivity (Wildman–Crippen MR) is 175 cm³/mol. The van der Waals surface area contributed by atoms with E-state index in [9.17, 15) is 40.5 Å². The van der Waals surface area contributed by atoms with Gasteiger partial charge >= 0.3 is 5.97 Å². The van der Waals surface area contributed by atoms with Crippen LogP contribution in [0.15, 0.2) is 23.3 Å². The van der Waals surface area contributed by atoms with Gasteiger partial charge in [0.25, 0.3) is 0 Å². The van der Waals surface area contributed by atoms with E-state index in [1.807, 2.05) is 6.92 Å². The van der Waals surface area contributed by atoms with Crippen LogP contribution in [0.5, 0.6) is 0 Å². The van der Waals surface area contributed by atoms with Gasteiger partial charge in [-0.2, -0.15) is 0 Å². The smallest absolute Gasteiger partial charge is 0.306 e. The van der Waals surface area contributed by atoms with Gasteiger partial charge in [-0.1, -0.05) is 66.2 Å². The molecule has 10 nitrogen and oxygen atoms in total. The van der Waals surface area contributed by atoms with Gasteiger partial charge in [0.2, 0.25) is 0 Å². The van der Waals surface area contributed by atoms with Gasteiger partial charge in [0.1, 0.15) is 24.4 Å². The van der Waals surface area contributed by atoms with Crippen LogP contribution in [0.2, 0.25) is 0 Å². The summed E-state index contributed by atoms with van der Waals surface area (Å²) in [5.41, 5.74) is 0.837. The molecule has 3 fully saturated rings. The van der Waals surface area contributed by atoms with Gasteiger partial charge in [-0.3, -0.25) is 4.79 Å². The number of aliphatic carboxylic acids is 1. The summed E-state index contributed by atoms with van der Waals surface area (Å²) in [5, 5.41) is 75.9. The van der Waals surface area contributed by atoms with Crippen molar-refractivity contribution in [3.05, 3.63) is 23.3 Å². The van der Waals surface area contributed by atoms with Gasteiger partial charge in [-0.15, -0.1) is 0 Å². The number of allylic oxidation sites excluding steroid dienone is 2. The van der Waals surface area contributed by atoms with Crippen molar-refractivity contribution < 1.29 is 50.0 Å². The molecule has 0 radical (unpaired) electrons. The number of ether oxygens (including phenoxy) is 2. The molecular weight excluding hydrogens is 604 g/mol. The van der Waals surface area contributed by atoms with Gasteiger partial charge in [-0.25, -0.2) is 0 Å². The van der Waals surface area contributed by atoms with Crippen molar-refractivity contribution in [2.75, 3.05) is 6.61 Å². The van der Waals surface area contributed by atoms with Gasteiger partial charge in [0.05, 0.1) is 30.8 Å². The Morgan fingerprint density at radius 2 is 1.64 bits per heavy atom. The Morgan fingerprint density at radius 3 is 2.23 bits per heavy atom. The molecule has 1 saturated heterocycles. The molecule has 0 aromatic rings. The normalized spacial score (nSPS) is 46.9. The molecule has 5 rings (SSSR count). The van der Waals surface area contributed by atoms with Crippen molar-refractivity contribution in [1.29, 1.82) is 0 Å². The second kappa shape index (κ2) is 12.7. The Kier molecular flexibility index (Phi) is 10.0. The molecule has 1 aliphatic heterocycles. The topological polar surface area (TPSA) is 177 Å². The van der Waals surface area contributed by atoms with Crippen LogP contribution in [0.4, 0.5) is 0 Å². The van der Waals surface area contributed by atoms with Crippen molar-refractivity contribution in [3.63, 3.8) is 0 Å². The number of carboxylic acid groups (broad SMARTS) is 1. The molecule has 6 unspecified atom stereocenters. The van der Waals surface area contributed by atoms with Crippen molar-refractivity contribution in [1.82, 2.24) is 0 Å². The zero-order chi connectivity index (χ0) is 35.0. The van der Waals surface area contributed by atoms with Gasteiger partial charge in [0, 0.05) is 5.41 Å². The van der Waals surface area contributed by atoms with E-state index in [0.29, 0.717) is 44.9 Å². The molecule has 0 amide bonds. The highest BCUT2D eigenvalue weighted by Crippen LogP contribution is 2.73. The fourth-order valence-electron chi connectivity index (χ4n) is 10.9. The number of aliphatic hydroxyl groups excluding tert-OH is 6. The maximum Gasteiger partial charge on any atom is 0.306 e. The summed E-state index contributed by atoms with van der Waals surface area (Å²) in [5.74, 6) is -1.62. The molecular formula is C37H60O10. The van der Waals surface area contributed by atoms with Gasteiger partial charge < -0.3 is 45.2 Å². The van der Waals surface area contributed by atoms with E-state index >= 15 is 0 Å². The molecule has 2 saturated carbocycles. The van der Waals surface area contributed by atoms with Crippen molar-refractivity contribution in [2.24, 2.45) is 45.3 Å². The molecule has 0 bridgehead atoms. The Balaban J connectivity index is 1.61. The van der Waals surface area contributed by atoms with E-state index in [-0.39, 0.29) is 23.2 Å². The minimum Gasteiger partial charge on any atom is -0.481 e. The minimum atomic E-state index is -1.60. The standard InChI is InChI=1S/C37H60O10/c1-18(2)19(3)9-10-20(32(44)45)22-15-27(40)37(8)28-21(11-14-36(22,37)7)35(6)13-12-26(39)34(4,5)25(35)16-23(28)46-33-31(43)30(42)29(41)24(17-38)47-33/h18,20,22-27,29-31,33,38-43H,3,9-17H2,1-2,4-8H3,(H,44,45)/t20-,22-,23-,24?,25?,26+,27+,29?,30?,31?,33?,35-,36-,37+/m1/s1. The highest BCUT2D eigenvalue weighted by atomic mass is 16.7. The molecule has 0 aromatic heterocycles. The summed E-state index contributed by atoms with van der Waals surface area (Å²) in [4.78, 5) is 12.9. The number of carboxylic acids is 1. The fourth-order valence-corrected chi connectivity index (χ4v) is 10.9. The molecule has 14 atom stereocenters. The molecule has 0 spiro atoms. The number of carbonyl (C=O) groups is 1. The third kappa shape index (κ3) is 5.57. The van der Waals surface area contributed by atoms with Crippen LogP contribution in [-0.4, -0.2) is 97.3 Å². The summed E-state index contributed by atoms with van der Waals surface area (Å²) >= 11 is 0. The first-order valence-electron chi connectivity index (χ1n) is 17.7. The Morgan fingerprint density at radius 1 is 0.979 bits per heavy atom. The SMILES string of the molecule is C=C(CC[C@@H](C(=O)O)[C@H]1C[C@H](O)[C@@]2(C)C3=C(CC[C@]12C)[C@@]1(C)CC[C@H](O)C(C)(C)C1C[C@H]3OC1OC(CO)C(O)C(O)C1O)C(C)C. The summed E-state index contributed by atoms with van der Waals surface area (Å²) in [6, 6.07) is 0. The van der Waals surface area contributed by atoms with Crippen LogP contribution >= 0.6 is 0 Å². The maximum atomic E-state index is 12.9.